The van der Waals surface area contributed by atoms with E-state index in [-0.39, 0.29) is 11.9 Å². The first kappa shape index (κ1) is 14.8. The SMILES string of the molecule is Cc1cc(=O)oc(C)c1C(=O)NC1CCCCCCC1. The Labute approximate surface area is 119 Å². The molecule has 1 aromatic rings. The number of carbonyl (C=O) groups is 1. The van der Waals surface area contributed by atoms with Crippen LogP contribution in [-0.4, -0.2) is 11.9 Å². The molecule has 0 aromatic carbocycles. The summed E-state index contributed by atoms with van der Waals surface area (Å²) in [4.78, 5) is 23.7. The zero-order chi connectivity index (χ0) is 14.5. The van der Waals surface area contributed by atoms with Crippen LogP contribution >= 0.6 is 0 Å². The monoisotopic (exact) mass is 277 g/mol. The predicted molar refractivity (Wildman–Crippen MR) is 78.0 cm³/mol. The van der Waals surface area contributed by atoms with Crippen molar-refractivity contribution in [2.45, 2.75) is 64.8 Å². The van der Waals surface area contributed by atoms with Crippen LogP contribution in [0, 0.1) is 13.8 Å². The van der Waals surface area contributed by atoms with Crippen molar-refractivity contribution >= 4 is 5.91 Å². The van der Waals surface area contributed by atoms with E-state index in [1.165, 1.54) is 38.2 Å². The van der Waals surface area contributed by atoms with Gasteiger partial charge in [0.25, 0.3) is 5.91 Å². The fourth-order valence-corrected chi connectivity index (χ4v) is 2.95. The molecule has 0 atom stereocenters. The minimum atomic E-state index is -0.400. The Bertz CT molecular complexity index is 499. The summed E-state index contributed by atoms with van der Waals surface area (Å²) >= 11 is 0. The molecule has 1 aromatic heterocycles. The molecule has 110 valence electrons. The van der Waals surface area contributed by atoms with Crippen molar-refractivity contribution in [3.05, 3.63) is 33.4 Å². The zero-order valence-corrected chi connectivity index (χ0v) is 12.3. The van der Waals surface area contributed by atoms with Gasteiger partial charge in [0.2, 0.25) is 0 Å². The van der Waals surface area contributed by atoms with Crippen LogP contribution in [0.2, 0.25) is 0 Å². The molecule has 0 spiro atoms. The van der Waals surface area contributed by atoms with Crippen LogP contribution in [-0.2, 0) is 0 Å². The van der Waals surface area contributed by atoms with Gasteiger partial charge < -0.3 is 9.73 Å². The first-order valence-electron chi connectivity index (χ1n) is 7.50. The molecular formula is C16H23NO3. The molecule has 1 heterocycles. The van der Waals surface area contributed by atoms with Gasteiger partial charge in [0.15, 0.2) is 0 Å². The normalized spacial score (nSPS) is 17.3. The molecule has 1 aliphatic rings. The van der Waals surface area contributed by atoms with Crippen LogP contribution < -0.4 is 10.9 Å². The average Bonchev–Trinajstić information content (AvgIpc) is 2.31. The summed E-state index contributed by atoms with van der Waals surface area (Å²) in [6.45, 7) is 3.44. The molecule has 20 heavy (non-hydrogen) atoms. The van der Waals surface area contributed by atoms with Crippen LogP contribution in [0.4, 0.5) is 0 Å². The van der Waals surface area contributed by atoms with Gasteiger partial charge in [-0.1, -0.05) is 32.1 Å². The van der Waals surface area contributed by atoms with E-state index in [0.717, 1.165) is 12.8 Å². The zero-order valence-electron chi connectivity index (χ0n) is 12.3. The summed E-state index contributed by atoms with van der Waals surface area (Å²) in [7, 11) is 0. The van der Waals surface area contributed by atoms with Gasteiger partial charge in [0.05, 0.1) is 5.56 Å². The Kier molecular flexibility index (Phi) is 4.99. The fourth-order valence-electron chi connectivity index (χ4n) is 2.95. The number of amides is 1. The highest BCUT2D eigenvalue weighted by molar-refractivity contribution is 5.96. The highest BCUT2D eigenvalue weighted by Crippen LogP contribution is 2.18. The molecule has 0 unspecified atom stereocenters. The second-order valence-electron chi connectivity index (χ2n) is 5.70. The van der Waals surface area contributed by atoms with E-state index in [4.69, 9.17) is 4.42 Å². The Balaban J connectivity index is 2.09. The van der Waals surface area contributed by atoms with Crippen molar-refractivity contribution in [2.75, 3.05) is 0 Å². The molecule has 1 fully saturated rings. The lowest BCUT2D eigenvalue weighted by molar-refractivity contribution is 0.0926. The van der Waals surface area contributed by atoms with Gasteiger partial charge in [-0.2, -0.15) is 0 Å². The van der Waals surface area contributed by atoms with Crippen molar-refractivity contribution in [1.82, 2.24) is 5.32 Å². The number of carbonyl (C=O) groups excluding carboxylic acids is 1. The summed E-state index contributed by atoms with van der Waals surface area (Å²) in [5, 5.41) is 3.10. The number of hydrogen-bond donors (Lipinski definition) is 1. The topological polar surface area (TPSA) is 59.3 Å². The van der Waals surface area contributed by atoms with E-state index in [1.54, 1.807) is 13.8 Å². The number of hydrogen-bond acceptors (Lipinski definition) is 3. The summed E-state index contributed by atoms with van der Waals surface area (Å²) < 4.78 is 5.03. The van der Waals surface area contributed by atoms with Crippen LogP contribution in [0.5, 0.6) is 0 Å². The van der Waals surface area contributed by atoms with Gasteiger partial charge in [-0.25, -0.2) is 4.79 Å². The first-order valence-corrected chi connectivity index (χ1v) is 7.50. The smallest absolute Gasteiger partial charge is 0.336 e. The lowest BCUT2D eigenvalue weighted by Gasteiger charge is -2.21. The third-order valence-electron chi connectivity index (χ3n) is 4.00. The van der Waals surface area contributed by atoms with Crippen LogP contribution in [0.15, 0.2) is 15.3 Å². The summed E-state index contributed by atoms with van der Waals surface area (Å²) in [5.74, 6) is 0.285. The van der Waals surface area contributed by atoms with Crippen LogP contribution in [0.1, 0.15) is 66.6 Å². The van der Waals surface area contributed by atoms with Crippen molar-refractivity contribution in [2.24, 2.45) is 0 Å². The maximum Gasteiger partial charge on any atom is 0.336 e. The van der Waals surface area contributed by atoms with E-state index in [1.807, 2.05) is 0 Å². The molecule has 0 bridgehead atoms. The summed E-state index contributed by atoms with van der Waals surface area (Å²) in [6, 6.07) is 1.62. The minimum Gasteiger partial charge on any atom is -0.427 e. The Morgan fingerprint density at radius 2 is 1.75 bits per heavy atom. The van der Waals surface area contributed by atoms with Gasteiger partial charge in [-0.05, 0) is 32.3 Å². The molecule has 4 nitrogen and oxygen atoms in total. The molecule has 1 amide bonds. The van der Waals surface area contributed by atoms with Gasteiger partial charge in [0, 0.05) is 12.1 Å². The van der Waals surface area contributed by atoms with Gasteiger partial charge in [0.1, 0.15) is 5.76 Å². The van der Waals surface area contributed by atoms with E-state index >= 15 is 0 Å². The van der Waals surface area contributed by atoms with Crippen LogP contribution in [0.25, 0.3) is 0 Å². The molecule has 2 rings (SSSR count). The summed E-state index contributed by atoms with van der Waals surface area (Å²) in [5.41, 5.74) is 0.788. The first-order chi connectivity index (χ1) is 9.58. The van der Waals surface area contributed by atoms with Crippen molar-refractivity contribution in [1.29, 1.82) is 0 Å². The van der Waals surface area contributed by atoms with Crippen LogP contribution in [0.3, 0.4) is 0 Å². The molecule has 0 aliphatic heterocycles. The van der Waals surface area contributed by atoms with Crippen molar-refractivity contribution in [3.63, 3.8) is 0 Å². The van der Waals surface area contributed by atoms with Crippen molar-refractivity contribution in [3.8, 4) is 0 Å². The molecule has 1 saturated carbocycles. The predicted octanol–water partition coefficient (Wildman–Crippen LogP) is 3.10. The molecule has 1 N–H and O–H groups in total. The van der Waals surface area contributed by atoms with E-state index in [2.05, 4.69) is 5.32 Å². The van der Waals surface area contributed by atoms with E-state index in [0.29, 0.717) is 16.9 Å². The Morgan fingerprint density at radius 1 is 1.15 bits per heavy atom. The third kappa shape index (κ3) is 3.71. The number of rotatable bonds is 2. The Hall–Kier alpha value is -1.58. The average molecular weight is 277 g/mol. The quantitative estimate of drug-likeness (QED) is 0.903. The lowest BCUT2D eigenvalue weighted by atomic mass is 9.96. The fraction of sp³-hybridized carbons (Fsp3) is 0.625. The standard InChI is InChI=1S/C16H23NO3/c1-11-10-14(18)20-12(2)15(11)16(19)17-13-8-6-4-3-5-7-9-13/h10,13H,3-9H2,1-2H3,(H,17,19). The van der Waals surface area contributed by atoms with E-state index < -0.39 is 5.63 Å². The third-order valence-corrected chi connectivity index (χ3v) is 4.00. The largest absolute Gasteiger partial charge is 0.427 e. The second-order valence-corrected chi connectivity index (χ2v) is 5.70. The highest BCUT2D eigenvalue weighted by atomic mass is 16.4. The minimum absolute atomic E-state index is 0.116. The van der Waals surface area contributed by atoms with Gasteiger partial charge in [-0.3, -0.25) is 4.79 Å². The lowest BCUT2D eigenvalue weighted by Crippen LogP contribution is -2.36. The van der Waals surface area contributed by atoms with Crippen molar-refractivity contribution < 1.29 is 9.21 Å². The van der Waals surface area contributed by atoms with Gasteiger partial charge >= 0.3 is 5.63 Å². The molecule has 0 saturated heterocycles. The Morgan fingerprint density at radius 3 is 2.35 bits per heavy atom. The second kappa shape index (κ2) is 6.73. The van der Waals surface area contributed by atoms with Gasteiger partial charge in [-0.15, -0.1) is 0 Å². The maximum atomic E-state index is 12.4. The summed E-state index contributed by atoms with van der Waals surface area (Å²) in [6.07, 6.45) is 8.25. The molecule has 4 heteroatoms. The maximum absolute atomic E-state index is 12.4. The number of nitrogens with one attached hydrogen (secondary N) is 1. The highest BCUT2D eigenvalue weighted by Gasteiger charge is 2.19. The molecule has 0 radical (unpaired) electrons. The number of aryl methyl sites for hydroxylation is 2. The molecular weight excluding hydrogens is 254 g/mol. The molecule has 1 aliphatic carbocycles. The van der Waals surface area contributed by atoms with E-state index in [9.17, 15) is 9.59 Å².